The van der Waals surface area contributed by atoms with E-state index in [1.807, 2.05) is 54.6 Å². The van der Waals surface area contributed by atoms with Crippen molar-refractivity contribution >= 4 is 17.7 Å². The van der Waals surface area contributed by atoms with Crippen LogP contribution in [0.3, 0.4) is 0 Å². The van der Waals surface area contributed by atoms with E-state index in [0.717, 1.165) is 61.8 Å². The topological polar surface area (TPSA) is 106 Å². The van der Waals surface area contributed by atoms with E-state index < -0.39 is 18.2 Å². The van der Waals surface area contributed by atoms with E-state index in [4.69, 9.17) is 14.3 Å². The highest BCUT2D eigenvalue weighted by atomic mass is 16.8. The van der Waals surface area contributed by atoms with Crippen molar-refractivity contribution in [3.63, 3.8) is 0 Å². The van der Waals surface area contributed by atoms with E-state index in [1.54, 1.807) is 11.9 Å². The highest BCUT2D eigenvalue weighted by Gasteiger charge is 2.29. The van der Waals surface area contributed by atoms with Crippen molar-refractivity contribution in [3.8, 4) is 5.75 Å². The number of likely N-dealkylation sites (N-methyl/N-ethyl adjacent to an activating group) is 1. The predicted octanol–water partition coefficient (Wildman–Crippen LogP) is 5.24. The van der Waals surface area contributed by atoms with Gasteiger partial charge < -0.3 is 19.7 Å². The number of hydrogen-bond donors (Lipinski definition) is 2. The van der Waals surface area contributed by atoms with Gasteiger partial charge in [0.15, 0.2) is 6.29 Å². The number of nitrogens with one attached hydrogen (secondary N) is 2. The molecule has 2 heterocycles. The van der Waals surface area contributed by atoms with Gasteiger partial charge >= 0.3 is 0 Å². The number of amides is 3. The standard InChI is InChI=1S/C35H47N3O6/c1-38-22-12-6-4-2-3-5-10-16-29(25-32(39)37-44-33-17-11-13-23-42-33)34(40)36-31(35(38)41)24-27-18-20-30(21-19-27)43-26-28-14-8-7-9-15-28/h2-3,7-9,14-15,18-21,29,31,33H,4-6,10-13,16-17,22-26H2,1H3,(H,36,40)(H,37,39)/t29?,31?,33-/m0/s1. The van der Waals surface area contributed by atoms with Gasteiger partial charge in [0, 0.05) is 45.4 Å². The van der Waals surface area contributed by atoms with E-state index >= 15 is 0 Å². The van der Waals surface area contributed by atoms with Gasteiger partial charge in [-0.3, -0.25) is 14.4 Å². The molecule has 9 nitrogen and oxygen atoms in total. The van der Waals surface area contributed by atoms with Gasteiger partial charge in [0.05, 0.1) is 0 Å². The lowest BCUT2D eigenvalue weighted by Gasteiger charge is -2.27. The molecule has 0 radical (unpaired) electrons. The number of ether oxygens (including phenoxy) is 2. The highest BCUT2D eigenvalue weighted by molar-refractivity contribution is 5.90. The van der Waals surface area contributed by atoms with Crippen molar-refractivity contribution in [2.24, 2.45) is 5.92 Å². The fraction of sp³-hybridized carbons (Fsp3) is 0.514. The van der Waals surface area contributed by atoms with E-state index in [1.165, 1.54) is 0 Å². The summed E-state index contributed by atoms with van der Waals surface area (Å²) in [6.45, 7) is 1.68. The molecule has 0 aliphatic carbocycles. The van der Waals surface area contributed by atoms with Gasteiger partial charge in [-0.15, -0.1) is 0 Å². The lowest BCUT2D eigenvalue weighted by molar-refractivity contribution is -0.200. The minimum Gasteiger partial charge on any atom is -0.489 e. The molecule has 0 spiro atoms. The Labute approximate surface area is 261 Å². The Balaban J connectivity index is 1.42. The summed E-state index contributed by atoms with van der Waals surface area (Å²) < 4.78 is 11.4. The zero-order valence-corrected chi connectivity index (χ0v) is 25.9. The lowest BCUT2D eigenvalue weighted by Crippen LogP contribution is -2.50. The predicted molar refractivity (Wildman–Crippen MR) is 168 cm³/mol. The number of rotatable bonds is 9. The summed E-state index contributed by atoms with van der Waals surface area (Å²) in [6, 6.07) is 16.8. The van der Waals surface area contributed by atoms with Crippen molar-refractivity contribution in [1.29, 1.82) is 0 Å². The second-order valence-corrected chi connectivity index (χ2v) is 11.7. The Morgan fingerprint density at radius 1 is 0.932 bits per heavy atom. The van der Waals surface area contributed by atoms with Crippen LogP contribution in [0.2, 0.25) is 0 Å². The molecule has 1 saturated heterocycles. The van der Waals surface area contributed by atoms with Crippen LogP contribution >= 0.6 is 0 Å². The Kier molecular flexibility index (Phi) is 13.7. The number of allylic oxidation sites excluding steroid dienone is 2. The van der Waals surface area contributed by atoms with Gasteiger partial charge in [-0.2, -0.15) is 0 Å². The van der Waals surface area contributed by atoms with Crippen LogP contribution in [0.5, 0.6) is 5.75 Å². The van der Waals surface area contributed by atoms with Crippen LogP contribution in [0, 0.1) is 5.92 Å². The average molecular weight is 606 g/mol. The first-order chi connectivity index (χ1) is 21.5. The SMILES string of the molecule is CN1CCCCC=CCCCC(CC(=O)NO[C@H]2CCCCO2)C(=O)NC(Cc2ccc(OCc3ccccc3)cc2)C1=O. The summed E-state index contributed by atoms with van der Waals surface area (Å²) in [5.41, 5.74) is 4.46. The van der Waals surface area contributed by atoms with Crippen LogP contribution in [0.4, 0.5) is 0 Å². The van der Waals surface area contributed by atoms with Crippen molar-refractivity contribution < 1.29 is 28.7 Å². The molecule has 3 atom stereocenters. The number of carbonyl (C=O) groups excluding carboxylic acids is 3. The quantitative estimate of drug-likeness (QED) is 0.299. The van der Waals surface area contributed by atoms with E-state index in [0.29, 0.717) is 39.0 Å². The molecule has 44 heavy (non-hydrogen) atoms. The van der Waals surface area contributed by atoms with Crippen molar-refractivity contribution in [1.82, 2.24) is 15.7 Å². The molecule has 2 aliphatic heterocycles. The summed E-state index contributed by atoms with van der Waals surface area (Å²) in [6.07, 6.45) is 11.7. The fourth-order valence-electron chi connectivity index (χ4n) is 5.42. The summed E-state index contributed by atoms with van der Waals surface area (Å²) in [5.74, 6) is -0.693. The molecule has 238 valence electrons. The molecule has 0 aromatic heterocycles. The van der Waals surface area contributed by atoms with Crippen molar-refractivity contribution in [3.05, 3.63) is 77.9 Å². The molecular weight excluding hydrogens is 558 g/mol. The second kappa shape index (κ2) is 18.2. The van der Waals surface area contributed by atoms with Gasteiger partial charge in [-0.25, -0.2) is 10.3 Å². The van der Waals surface area contributed by atoms with Gasteiger partial charge in [0.25, 0.3) is 0 Å². The normalized spacial score (nSPS) is 22.4. The number of nitrogens with zero attached hydrogens (tertiary/aromatic N) is 1. The lowest BCUT2D eigenvalue weighted by atomic mass is 9.95. The van der Waals surface area contributed by atoms with Crippen LogP contribution in [-0.4, -0.2) is 55.2 Å². The summed E-state index contributed by atoms with van der Waals surface area (Å²) in [7, 11) is 1.78. The smallest absolute Gasteiger partial charge is 0.245 e. The third kappa shape index (κ3) is 11.4. The molecule has 0 saturated carbocycles. The number of benzene rings is 2. The second-order valence-electron chi connectivity index (χ2n) is 11.7. The number of carbonyl (C=O) groups is 3. The maximum Gasteiger partial charge on any atom is 0.245 e. The Morgan fingerprint density at radius 2 is 1.70 bits per heavy atom. The summed E-state index contributed by atoms with van der Waals surface area (Å²) in [5, 5.41) is 3.01. The monoisotopic (exact) mass is 605 g/mol. The van der Waals surface area contributed by atoms with E-state index in [2.05, 4.69) is 22.9 Å². The molecule has 2 N–H and O–H groups in total. The first-order valence-electron chi connectivity index (χ1n) is 16.0. The molecule has 1 fully saturated rings. The van der Waals surface area contributed by atoms with Crippen LogP contribution < -0.4 is 15.5 Å². The third-order valence-corrected chi connectivity index (χ3v) is 8.05. The fourth-order valence-corrected chi connectivity index (χ4v) is 5.42. The molecule has 2 aromatic rings. The zero-order valence-electron chi connectivity index (χ0n) is 25.9. The van der Waals surface area contributed by atoms with Crippen LogP contribution in [0.15, 0.2) is 66.7 Å². The van der Waals surface area contributed by atoms with E-state index in [9.17, 15) is 14.4 Å². The minimum absolute atomic E-state index is 0.0353. The van der Waals surface area contributed by atoms with Crippen LogP contribution in [-0.2, 0) is 37.0 Å². The van der Waals surface area contributed by atoms with Crippen molar-refractivity contribution in [2.75, 3.05) is 20.2 Å². The molecule has 4 rings (SSSR count). The molecule has 9 heteroatoms. The van der Waals surface area contributed by atoms with Gasteiger partial charge in [-0.1, -0.05) is 54.6 Å². The van der Waals surface area contributed by atoms with Crippen molar-refractivity contribution in [2.45, 2.75) is 89.6 Å². The molecule has 0 bridgehead atoms. The Hall–Kier alpha value is -3.69. The zero-order chi connectivity index (χ0) is 31.0. The summed E-state index contributed by atoms with van der Waals surface area (Å²) >= 11 is 0. The molecule has 2 unspecified atom stereocenters. The van der Waals surface area contributed by atoms with Crippen LogP contribution in [0.1, 0.15) is 75.3 Å². The molecule has 2 aromatic carbocycles. The maximum absolute atomic E-state index is 13.7. The Morgan fingerprint density at radius 3 is 2.45 bits per heavy atom. The largest absolute Gasteiger partial charge is 0.489 e. The van der Waals surface area contributed by atoms with E-state index in [-0.39, 0.29) is 24.1 Å². The highest BCUT2D eigenvalue weighted by Crippen LogP contribution is 2.19. The van der Waals surface area contributed by atoms with Gasteiger partial charge in [-0.05, 0) is 74.6 Å². The van der Waals surface area contributed by atoms with Gasteiger partial charge in [0.2, 0.25) is 17.7 Å². The molecule has 2 aliphatic rings. The Bertz CT molecular complexity index is 1200. The number of hydrogen-bond acceptors (Lipinski definition) is 6. The first kappa shape index (κ1) is 33.2. The molecule has 3 amide bonds. The maximum atomic E-state index is 13.7. The third-order valence-electron chi connectivity index (χ3n) is 8.05. The van der Waals surface area contributed by atoms with Gasteiger partial charge in [0.1, 0.15) is 18.4 Å². The first-order valence-corrected chi connectivity index (χ1v) is 16.0. The average Bonchev–Trinajstić information content (AvgIpc) is 3.05. The van der Waals surface area contributed by atoms with Crippen LogP contribution in [0.25, 0.3) is 0 Å². The summed E-state index contributed by atoms with van der Waals surface area (Å²) in [4.78, 5) is 47.2. The molecular formula is C35H47N3O6. The number of hydroxylamine groups is 1. The minimum atomic E-state index is -0.760.